The zero-order valence-electron chi connectivity index (χ0n) is 10.9. The number of nitriles is 1. The van der Waals surface area contributed by atoms with Crippen LogP contribution in [-0.4, -0.2) is 17.5 Å². The summed E-state index contributed by atoms with van der Waals surface area (Å²) in [7, 11) is 0. The Morgan fingerprint density at radius 3 is 2.77 bits per heavy atom. The van der Waals surface area contributed by atoms with Crippen LogP contribution in [-0.2, 0) is 6.18 Å². The van der Waals surface area contributed by atoms with Crippen LogP contribution in [0.25, 0.3) is 0 Å². The molecule has 0 spiro atoms. The van der Waals surface area contributed by atoms with Crippen molar-refractivity contribution in [3.63, 3.8) is 0 Å². The van der Waals surface area contributed by atoms with Crippen LogP contribution in [0.3, 0.4) is 0 Å². The smallest absolute Gasteiger partial charge is 0.419 e. The number of nitrogens with zero attached hydrogens (tertiary/aromatic N) is 2. The van der Waals surface area contributed by atoms with E-state index < -0.39 is 11.7 Å². The van der Waals surface area contributed by atoms with Crippen molar-refractivity contribution in [2.24, 2.45) is 0 Å². The molecule has 1 aromatic carbocycles. The fourth-order valence-electron chi connectivity index (χ4n) is 1.64. The van der Waals surface area contributed by atoms with E-state index in [1.54, 1.807) is 0 Å². The van der Waals surface area contributed by atoms with Crippen molar-refractivity contribution in [1.82, 2.24) is 4.37 Å². The summed E-state index contributed by atoms with van der Waals surface area (Å²) >= 11 is 6.71. The molecule has 0 saturated carbocycles. The number of hydrogen-bond donors (Lipinski definition) is 1. The lowest BCUT2D eigenvalue weighted by Gasteiger charge is -2.13. The topological polar surface area (TPSA) is 57.9 Å². The number of nitrogens with one attached hydrogen (secondary N) is 1. The Hall–Kier alpha value is -1.98. The first-order valence-corrected chi connectivity index (χ1v) is 7.16. The van der Waals surface area contributed by atoms with Gasteiger partial charge in [0.15, 0.2) is 5.15 Å². The molecule has 1 N–H and O–H groups in total. The van der Waals surface area contributed by atoms with E-state index >= 15 is 0 Å². The van der Waals surface area contributed by atoms with Crippen molar-refractivity contribution in [3.05, 3.63) is 40.5 Å². The van der Waals surface area contributed by atoms with Crippen molar-refractivity contribution in [2.75, 3.05) is 18.5 Å². The zero-order valence-corrected chi connectivity index (χ0v) is 12.5. The molecule has 0 aliphatic heterocycles. The third kappa shape index (κ3) is 3.81. The number of aromatic nitrogens is 1. The normalized spacial score (nSPS) is 11.0. The Bertz CT molecular complexity index is 697. The number of alkyl halides is 3. The molecule has 0 unspecified atom stereocenters. The monoisotopic (exact) mass is 347 g/mol. The fourth-order valence-corrected chi connectivity index (χ4v) is 2.60. The third-order valence-corrected chi connectivity index (χ3v) is 3.78. The molecule has 0 atom stereocenters. The molecule has 0 aliphatic rings. The minimum atomic E-state index is -4.47. The number of halogens is 4. The lowest BCUT2D eigenvalue weighted by Crippen LogP contribution is -2.14. The first kappa shape index (κ1) is 16.4. The van der Waals surface area contributed by atoms with Gasteiger partial charge in [0.05, 0.1) is 5.56 Å². The average molecular weight is 348 g/mol. The first-order valence-electron chi connectivity index (χ1n) is 6.01. The van der Waals surface area contributed by atoms with Gasteiger partial charge >= 0.3 is 6.18 Å². The molecule has 0 radical (unpaired) electrons. The highest BCUT2D eigenvalue weighted by Crippen LogP contribution is 2.35. The molecule has 1 heterocycles. The lowest BCUT2D eigenvalue weighted by molar-refractivity contribution is -0.138. The highest BCUT2D eigenvalue weighted by Gasteiger charge is 2.33. The van der Waals surface area contributed by atoms with Crippen LogP contribution in [0.1, 0.15) is 11.1 Å². The number of rotatable bonds is 5. The van der Waals surface area contributed by atoms with Crippen LogP contribution in [0, 0.1) is 11.3 Å². The Balaban J connectivity index is 1.94. The molecule has 2 rings (SSSR count). The predicted octanol–water partition coefficient (Wildman–Crippen LogP) is 4.18. The van der Waals surface area contributed by atoms with Gasteiger partial charge in [-0.05, 0) is 23.7 Å². The molecule has 22 heavy (non-hydrogen) atoms. The SMILES string of the molecule is N#Cc1c(Cl)nsc1NCCOc1ccccc1C(F)(F)F. The van der Waals surface area contributed by atoms with Crippen LogP contribution in [0.5, 0.6) is 5.75 Å². The highest BCUT2D eigenvalue weighted by atomic mass is 35.5. The Morgan fingerprint density at radius 2 is 2.09 bits per heavy atom. The van der Waals surface area contributed by atoms with Gasteiger partial charge in [-0.1, -0.05) is 23.7 Å². The van der Waals surface area contributed by atoms with Crippen LogP contribution >= 0.6 is 23.1 Å². The number of para-hydroxylation sites is 1. The maximum absolute atomic E-state index is 12.8. The molecular formula is C13H9ClF3N3OS. The molecule has 9 heteroatoms. The van der Waals surface area contributed by atoms with E-state index in [0.717, 1.165) is 17.6 Å². The molecule has 0 aliphatic carbocycles. The molecule has 2 aromatic rings. The van der Waals surface area contributed by atoms with Gasteiger partial charge < -0.3 is 10.1 Å². The van der Waals surface area contributed by atoms with E-state index in [0.29, 0.717) is 5.00 Å². The minimum absolute atomic E-state index is 0.00647. The van der Waals surface area contributed by atoms with Gasteiger partial charge in [-0.15, -0.1) is 0 Å². The van der Waals surface area contributed by atoms with Gasteiger partial charge in [-0.3, -0.25) is 0 Å². The molecule has 4 nitrogen and oxygen atoms in total. The first-order chi connectivity index (χ1) is 10.4. The summed E-state index contributed by atoms with van der Waals surface area (Å²) in [4.78, 5) is 0. The van der Waals surface area contributed by atoms with E-state index in [-0.39, 0.29) is 29.6 Å². The van der Waals surface area contributed by atoms with Crippen LogP contribution in [0.4, 0.5) is 18.2 Å². The van der Waals surface area contributed by atoms with E-state index in [9.17, 15) is 13.2 Å². The quantitative estimate of drug-likeness (QED) is 0.824. The molecular weight excluding hydrogens is 339 g/mol. The standard InChI is InChI=1S/C13H9ClF3N3OS/c14-11-8(7-18)12(22-20-11)19-5-6-21-10-4-2-1-3-9(10)13(15,16)17/h1-4,19H,5-6H2. The molecule has 1 aromatic heterocycles. The predicted molar refractivity (Wildman–Crippen MR) is 77.3 cm³/mol. The van der Waals surface area contributed by atoms with Gasteiger partial charge in [0.1, 0.15) is 29.0 Å². The zero-order chi connectivity index (χ0) is 16.2. The second kappa shape index (κ2) is 6.85. The summed E-state index contributed by atoms with van der Waals surface area (Å²) < 4.78 is 47.3. The van der Waals surface area contributed by atoms with Crippen LogP contribution < -0.4 is 10.1 Å². The Labute approximate surface area is 133 Å². The largest absolute Gasteiger partial charge is 0.491 e. The summed E-state index contributed by atoms with van der Waals surface area (Å²) in [5, 5.41) is 12.3. The van der Waals surface area contributed by atoms with Gasteiger partial charge in [-0.2, -0.15) is 22.8 Å². The van der Waals surface area contributed by atoms with E-state index in [1.807, 2.05) is 6.07 Å². The van der Waals surface area contributed by atoms with E-state index in [2.05, 4.69) is 9.69 Å². The van der Waals surface area contributed by atoms with Crippen molar-refractivity contribution in [1.29, 1.82) is 5.26 Å². The minimum Gasteiger partial charge on any atom is -0.491 e. The van der Waals surface area contributed by atoms with Gasteiger partial charge in [0.2, 0.25) is 0 Å². The van der Waals surface area contributed by atoms with Gasteiger partial charge in [0.25, 0.3) is 0 Å². The summed E-state index contributed by atoms with van der Waals surface area (Å²) in [5.74, 6) is -0.236. The van der Waals surface area contributed by atoms with Gasteiger partial charge in [0, 0.05) is 6.54 Å². The maximum atomic E-state index is 12.8. The van der Waals surface area contributed by atoms with E-state index in [1.165, 1.54) is 18.2 Å². The average Bonchev–Trinajstić information content (AvgIpc) is 2.83. The summed E-state index contributed by atoms with van der Waals surface area (Å²) in [6.07, 6.45) is -4.47. The van der Waals surface area contributed by atoms with Gasteiger partial charge in [-0.25, -0.2) is 0 Å². The number of ether oxygens (including phenoxy) is 1. The number of hydrogen-bond acceptors (Lipinski definition) is 5. The second-order valence-electron chi connectivity index (χ2n) is 4.06. The fraction of sp³-hybridized carbons (Fsp3) is 0.231. The Morgan fingerprint density at radius 1 is 1.36 bits per heavy atom. The molecule has 0 amide bonds. The maximum Gasteiger partial charge on any atom is 0.419 e. The highest BCUT2D eigenvalue weighted by molar-refractivity contribution is 7.10. The lowest BCUT2D eigenvalue weighted by atomic mass is 10.2. The summed E-state index contributed by atoms with van der Waals surface area (Å²) in [6.45, 7) is 0.201. The van der Waals surface area contributed by atoms with E-state index in [4.69, 9.17) is 21.6 Å². The van der Waals surface area contributed by atoms with Crippen LogP contribution in [0.2, 0.25) is 5.15 Å². The summed E-state index contributed by atoms with van der Waals surface area (Å²) in [6, 6.07) is 6.88. The number of benzene rings is 1. The van der Waals surface area contributed by atoms with Crippen molar-refractivity contribution >= 4 is 28.1 Å². The third-order valence-electron chi connectivity index (χ3n) is 2.60. The molecule has 0 saturated heterocycles. The Kier molecular flexibility index (Phi) is 5.11. The van der Waals surface area contributed by atoms with Crippen molar-refractivity contribution in [3.8, 4) is 11.8 Å². The van der Waals surface area contributed by atoms with Crippen LogP contribution in [0.15, 0.2) is 24.3 Å². The second-order valence-corrected chi connectivity index (χ2v) is 5.19. The molecule has 116 valence electrons. The molecule has 0 fully saturated rings. The summed E-state index contributed by atoms with van der Waals surface area (Å²) in [5.41, 5.74) is -0.615. The number of anilines is 1. The molecule has 0 bridgehead atoms. The van der Waals surface area contributed by atoms with Crippen molar-refractivity contribution in [2.45, 2.75) is 6.18 Å². The van der Waals surface area contributed by atoms with Crippen molar-refractivity contribution < 1.29 is 17.9 Å².